The molecule has 0 spiro atoms. The van der Waals surface area contributed by atoms with Crippen molar-refractivity contribution in [1.29, 1.82) is 0 Å². The molecule has 0 saturated heterocycles. The van der Waals surface area contributed by atoms with Crippen LogP contribution in [0.5, 0.6) is 0 Å². The van der Waals surface area contributed by atoms with Crippen LogP contribution in [0.4, 0.5) is 4.39 Å². The van der Waals surface area contributed by atoms with Gasteiger partial charge in [0.15, 0.2) is 0 Å². The molecule has 5 heteroatoms. The summed E-state index contributed by atoms with van der Waals surface area (Å²) in [5.41, 5.74) is 2.95. The minimum absolute atomic E-state index is 0.122. The third kappa shape index (κ3) is 6.51. The number of allylic oxidation sites excluding steroid dienone is 1. The number of hydrogen-bond donors (Lipinski definition) is 1. The van der Waals surface area contributed by atoms with Crippen molar-refractivity contribution in [2.75, 3.05) is 6.54 Å². The number of carbonyl (C=O) groups excluding carboxylic acids is 2. The standard InChI is InChI=1S/C26H31FN2O2/c1-2-24(30)29(19-21-13-15-23(27)16-14-21)25(22-11-7-4-8-12-22)26(31)28-18-17-20-9-5-3-6-10-20/h4,7-9,11-16,25H,2-3,5-6,10,17-19H2,1H3,(H,28,31). The molecule has 0 heterocycles. The van der Waals surface area contributed by atoms with Crippen LogP contribution >= 0.6 is 0 Å². The van der Waals surface area contributed by atoms with E-state index in [1.807, 2.05) is 30.3 Å². The Morgan fingerprint density at radius 1 is 1.06 bits per heavy atom. The Morgan fingerprint density at radius 2 is 1.81 bits per heavy atom. The number of rotatable bonds is 9. The van der Waals surface area contributed by atoms with Gasteiger partial charge in [0, 0.05) is 19.5 Å². The average molecular weight is 423 g/mol. The van der Waals surface area contributed by atoms with Gasteiger partial charge in [-0.3, -0.25) is 9.59 Å². The van der Waals surface area contributed by atoms with Crippen LogP contribution < -0.4 is 5.32 Å². The Balaban J connectivity index is 1.80. The summed E-state index contributed by atoms with van der Waals surface area (Å²) in [4.78, 5) is 27.8. The zero-order chi connectivity index (χ0) is 22.1. The summed E-state index contributed by atoms with van der Waals surface area (Å²) in [5.74, 6) is -0.638. The van der Waals surface area contributed by atoms with Crippen molar-refractivity contribution >= 4 is 11.8 Å². The third-order valence-corrected chi connectivity index (χ3v) is 5.69. The monoisotopic (exact) mass is 422 g/mol. The van der Waals surface area contributed by atoms with E-state index in [0.29, 0.717) is 6.54 Å². The molecular formula is C26H31FN2O2. The Hall–Kier alpha value is -2.95. The molecule has 1 N–H and O–H groups in total. The molecule has 1 aliphatic rings. The molecular weight excluding hydrogens is 391 g/mol. The highest BCUT2D eigenvalue weighted by Crippen LogP contribution is 2.25. The summed E-state index contributed by atoms with van der Waals surface area (Å²) < 4.78 is 13.3. The highest BCUT2D eigenvalue weighted by Gasteiger charge is 2.30. The normalized spacial score (nSPS) is 14.5. The van der Waals surface area contributed by atoms with E-state index in [4.69, 9.17) is 0 Å². The fraction of sp³-hybridized carbons (Fsp3) is 0.385. The first-order chi connectivity index (χ1) is 15.1. The van der Waals surface area contributed by atoms with Gasteiger partial charge in [-0.2, -0.15) is 0 Å². The van der Waals surface area contributed by atoms with Crippen LogP contribution in [0.15, 0.2) is 66.2 Å². The van der Waals surface area contributed by atoms with Crippen molar-refractivity contribution in [2.24, 2.45) is 0 Å². The maximum Gasteiger partial charge on any atom is 0.247 e. The zero-order valence-corrected chi connectivity index (χ0v) is 18.1. The molecule has 1 atom stereocenters. The quantitative estimate of drug-likeness (QED) is 0.557. The number of nitrogens with zero attached hydrogens (tertiary/aromatic N) is 1. The van der Waals surface area contributed by atoms with Gasteiger partial charge in [-0.25, -0.2) is 4.39 Å². The minimum Gasteiger partial charge on any atom is -0.354 e. The summed E-state index contributed by atoms with van der Waals surface area (Å²) in [6.45, 7) is 2.58. The van der Waals surface area contributed by atoms with E-state index >= 15 is 0 Å². The van der Waals surface area contributed by atoms with E-state index in [9.17, 15) is 14.0 Å². The van der Waals surface area contributed by atoms with Gasteiger partial charge in [-0.1, -0.05) is 61.0 Å². The van der Waals surface area contributed by atoms with Crippen LogP contribution in [0.3, 0.4) is 0 Å². The lowest BCUT2D eigenvalue weighted by Gasteiger charge is -2.31. The average Bonchev–Trinajstić information content (AvgIpc) is 2.81. The van der Waals surface area contributed by atoms with E-state index in [1.165, 1.54) is 30.5 Å². The van der Waals surface area contributed by atoms with E-state index < -0.39 is 6.04 Å². The van der Waals surface area contributed by atoms with Gasteiger partial charge in [-0.05, 0) is 55.4 Å². The molecule has 0 bridgehead atoms. The summed E-state index contributed by atoms with van der Waals surface area (Å²) in [6, 6.07) is 14.7. The molecule has 0 saturated carbocycles. The first-order valence-electron chi connectivity index (χ1n) is 11.1. The largest absolute Gasteiger partial charge is 0.354 e. The molecule has 0 aromatic heterocycles. The predicted molar refractivity (Wildman–Crippen MR) is 121 cm³/mol. The summed E-state index contributed by atoms with van der Waals surface area (Å²) in [7, 11) is 0. The molecule has 164 valence electrons. The number of hydrogen-bond acceptors (Lipinski definition) is 2. The molecule has 0 radical (unpaired) electrons. The Labute approximate surface area is 184 Å². The first-order valence-corrected chi connectivity index (χ1v) is 11.1. The third-order valence-electron chi connectivity index (χ3n) is 5.69. The van der Waals surface area contributed by atoms with Crippen LogP contribution in [0, 0.1) is 5.82 Å². The second kappa shape index (κ2) is 11.4. The topological polar surface area (TPSA) is 49.4 Å². The molecule has 4 nitrogen and oxygen atoms in total. The van der Waals surface area contributed by atoms with Crippen LogP contribution in [0.2, 0.25) is 0 Å². The SMILES string of the molecule is CCC(=O)N(Cc1ccc(F)cc1)C(C(=O)NCCC1=CCCCC1)c1ccccc1. The lowest BCUT2D eigenvalue weighted by Crippen LogP contribution is -2.43. The van der Waals surface area contributed by atoms with Gasteiger partial charge in [0.25, 0.3) is 0 Å². The van der Waals surface area contributed by atoms with E-state index in [2.05, 4.69) is 11.4 Å². The Morgan fingerprint density at radius 3 is 2.45 bits per heavy atom. The van der Waals surface area contributed by atoms with Crippen molar-refractivity contribution in [1.82, 2.24) is 10.2 Å². The molecule has 2 aromatic carbocycles. The lowest BCUT2D eigenvalue weighted by atomic mass is 9.97. The lowest BCUT2D eigenvalue weighted by molar-refractivity contribution is -0.141. The summed E-state index contributed by atoms with van der Waals surface area (Å²) in [5, 5.41) is 3.05. The van der Waals surface area contributed by atoms with E-state index in [1.54, 1.807) is 24.0 Å². The maximum absolute atomic E-state index is 13.3. The van der Waals surface area contributed by atoms with Crippen molar-refractivity contribution in [3.05, 3.63) is 83.2 Å². The first kappa shape index (κ1) is 22.7. The van der Waals surface area contributed by atoms with Gasteiger partial charge in [-0.15, -0.1) is 0 Å². The molecule has 0 aliphatic heterocycles. The highest BCUT2D eigenvalue weighted by atomic mass is 19.1. The van der Waals surface area contributed by atoms with Gasteiger partial charge in [0.2, 0.25) is 11.8 Å². The zero-order valence-electron chi connectivity index (χ0n) is 18.1. The van der Waals surface area contributed by atoms with Crippen molar-refractivity contribution < 1.29 is 14.0 Å². The van der Waals surface area contributed by atoms with Crippen LogP contribution in [-0.2, 0) is 16.1 Å². The Bertz CT molecular complexity index is 893. The molecule has 31 heavy (non-hydrogen) atoms. The summed E-state index contributed by atoms with van der Waals surface area (Å²) in [6.07, 6.45) is 8.07. The van der Waals surface area contributed by atoms with Crippen LogP contribution in [0.1, 0.15) is 62.6 Å². The van der Waals surface area contributed by atoms with Crippen LogP contribution in [0.25, 0.3) is 0 Å². The van der Waals surface area contributed by atoms with Gasteiger partial charge in [0.05, 0.1) is 0 Å². The van der Waals surface area contributed by atoms with Crippen molar-refractivity contribution in [2.45, 2.75) is 58.0 Å². The number of halogens is 1. The van der Waals surface area contributed by atoms with Crippen molar-refractivity contribution in [3.63, 3.8) is 0 Å². The Kier molecular flexibility index (Phi) is 8.39. The van der Waals surface area contributed by atoms with Crippen LogP contribution in [-0.4, -0.2) is 23.3 Å². The minimum atomic E-state index is -0.737. The molecule has 3 rings (SSSR count). The van der Waals surface area contributed by atoms with E-state index in [-0.39, 0.29) is 30.6 Å². The molecule has 2 aromatic rings. The molecule has 1 aliphatic carbocycles. The number of amides is 2. The fourth-order valence-corrected chi connectivity index (χ4v) is 4.00. The molecule has 2 amide bonds. The van der Waals surface area contributed by atoms with Gasteiger partial charge in [0.1, 0.15) is 11.9 Å². The van der Waals surface area contributed by atoms with E-state index in [0.717, 1.165) is 30.4 Å². The number of nitrogens with one attached hydrogen (secondary N) is 1. The second-order valence-electron chi connectivity index (χ2n) is 7.96. The number of benzene rings is 2. The molecule has 1 unspecified atom stereocenters. The maximum atomic E-state index is 13.3. The highest BCUT2D eigenvalue weighted by molar-refractivity contribution is 5.88. The molecule has 0 fully saturated rings. The van der Waals surface area contributed by atoms with Gasteiger partial charge < -0.3 is 10.2 Å². The summed E-state index contributed by atoms with van der Waals surface area (Å²) >= 11 is 0. The smallest absolute Gasteiger partial charge is 0.247 e. The van der Waals surface area contributed by atoms with Gasteiger partial charge >= 0.3 is 0 Å². The second-order valence-corrected chi connectivity index (χ2v) is 7.96. The number of carbonyl (C=O) groups is 2. The van der Waals surface area contributed by atoms with Crippen molar-refractivity contribution in [3.8, 4) is 0 Å². The predicted octanol–water partition coefficient (Wildman–Crippen LogP) is 5.31. The fourth-order valence-electron chi connectivity index (χ4n) is 4.00.